The molecule has 0 spiro atoms. The number of nitrogens with one attached hydrogen (secondary N) is 2. The zero-order chi connectivity index (χ0) is 41.4. The van der Waals surface area contributed by atoms with Gasteiger partial charge in [0.15, 0.2) is 0 Å². The molecule has 0 aromatic heterocycles. The molecule has 7 rings (SSSR count). The van der Waals surface area contributed by atoms with Crippen LogP contribution in [0.2, 0.25) is 5.02 Å². The molecule has 1 atom stereocenters. The number of rotatable bonds is 15. The first-order valence-electron chi connectivity index (χ1n) is 20.9. The zero-order valence-corrected chi connectivity index (χ0v) is 37.0. The number of sulfonamides is 1. The molecule has 0 unspecified atom stereocenters. The molecule has 0 bridgehead atoms. The van der Waals surface area contributed by atoms with Crippen LogP contribution in [0.1, 0.15) is 61.0 Å². The Bertz CT molecular complexity index is 2170. The van der Waals surface area contributed by atoms with Gasteiger partial charge in [0.1, 0.15) is 0 Å². The van der Waals surface area contributed by atoms with E-state index in [1.807, 2.05) is 67.2 Å². The molecule has 0 radical (unpaired) electrons. The van der Waals surface area contributed by atoms with Gasteiger partial charge in [0.25, 0.3) is 15.9 Å². The van der Waals surface area contributed by atoms with Crippen LogP contribution in [0.15, 0.2) is 112 Å². The Morgan fingerprint density at radius 1 is 0.881 bits per heavy atom. The third kappa shape index (κ3) is 11.9. The van der Waals surface area contributed by atoms with Crippen molar-refractivity contribution in [3.05, 3.63) is 124 Å². The van der Waals surface area contributed by atoms with Gasteiger partial charge in [0, 0.05) is 91.0 Å². The highest BCUT2D eigenvalue weighted by molar-refractivity contribution is 7.99. The third-order valence-electron chi connectivity index (χ3n) is 11.8. The molecule has 0 saturated carbocycles. The van der Waals surface area contributed by atoms with Gasteiger partial charge in [-0.15, -0.1) is 11.8 Å². The van der Waals surface area contributed by atoms with Crippen molar-refractivity contribution in [3.8, 4) is 0 Å². The number of halogens is 1. The van der Waals surface area contributed by atoms with Gasteiger partial charge in [0.2, 0.25) is 0 Å². The van der Waals surface area contributed by atoms with Gasteiger partial charge < -0.3 is 15.0 Å². The SMILES string of the molecule is Cc1cc(S(=O)(=O)NC(=O)c2ccc(N3CCN(CC4=C(c5ccc(Cl)cc5)CCC(C)(C)C4)CC3)cc2)ccc1N[C@H](CCN1CCOCC1)CSc1ccccc1. The van der Waals surface area contributed by atoms with Gasteiger partial charge in [-0.3, -0.25) is 14.6 Å². The van der Waals surface area contributed by atoms with Crippen LogP contribution in [-0.4, -0.2) is 101 Å². The van der Waals surface area contributed by atoms with Gasteiger partial charge in [-0.1, -0.05) is 61.4 Å². The molecule has 59 heavy (non-hydrogen) atoms. The number of anilines is 2. The zero-order valence-electron chi connectivity index (χ0n) is 34.6. The maximum atomic E-state index is 13.5. The largest absolute Gasteiger partial charge is 0.381 e. The van der Waals surface area contributed by atoms with Gasteiger partial charge in [-0.2, -0.15) is 0 Å². The van der Waals surface area contributed by atoms with E-state index in [4.69, 9.17) is 16.3 Å². The minimum atomic E-state index is -4.10. The van der Waals surface area contributed by atoms with Crippen LogP contribution in [0.4, 0.5) is 11.4 Å². The summed E-state index contributed by atoms with van der Waals surface area (Å²) < 4.78 is 34.8. The van der Waals surface area contributed by atoms with E-state index in [0.717, 1.165) is 113 Å². The molecule has 1 amide bonds. The average molecular weight is 857 g/mol. The number of nitrogens with zero attached hydrogens (tertiary/aromatic N) is 3. The lowest BCUT2D eigenvalue weighted by Crippen LogP contribution is -2.47. The second-order valence-electron chi connectivity index (χ2n) is 16.9. The van der Waals surface area contributed by atoms with Crippen LogP contribution in [0.25, 0.3) is 5.57 Å². The summed E-state index contributed by atoms with van der Waals surface area (Å²) in [7, 11) is -4.10. The third-order valence-corrected chi connectivity index (χ3v) is 14.6. The van der Waals surface area contributed by atoms with Crippen LogP contribution in [-0.2, 0) is 14.8 Å². The van der Waals surface area contributed by atoms with Crippen molar-refractivity contribution in [2.45, 2.75) is 62.3 Å². The Morgan fingerprint density at radius 3 is 2.29 bits per heavy atom. The molecule has 2 saturated heterocycles. The minimum absolute atomic E-state index is 0.0553. The number of hydrogen-bond acceptors (Lipinski definition) is 9. The van der Waals surface area contributed by atoms with Crippen molar-refractivity contribution in [1.82, 2.24) is 14.5 Å². The number of hydrogen-bond donors (Lipinski definition) is 2. The van der Waals surface area contributed by atoms with Gasteiger partial charge in [-0.25, -0.2) is 13.1 Å². The molecule has 2 fully saturated rings. The van der Waals surface area contributed by atoms with Gasteiger partial charge >= 0.3 is 0 Å². The molecule has 2 heterocycles. The summed E-state index contributed by atoms with van der Waals surface area (Å²) in [6, 6.07) is 31.1. The Labute approximate surface area is 360 Å². The lowest BCUT2D eigenvalue weighted by Gasteiger charge is -2.39. The Kier molecular flexibility index (Phi) is 14.4. The van der Waals surface area contributed by atoms with Crippen molar-refractivity contribution in [2.75, 3.05) is 81.5 Å². The molecular weight excluding hydrogens is 798 g/mol. The fourth-order valence-electron chi connectivity index (χ4n) is 8.32. The fraction of sp³-hybridized carbons (Fsp3) is 0.426. The number of carbonyl (C=O) groups excluding carboxylic acids is 1. The number of piperazine rings is 1. The van der Waals surface area contributed by atoms with Gasteiger partial charge in [0.05, 0.1) is 18.1 Å². The summed E-state index contributed by atoms with van der Waals surface area (Å²) in [6.07, 6.45) is 4.30. The van der Waals surface area contributed by atoms with Crippen molar-refractivity contribution < 1.29 is 17.9 Å². The number of thioether (sulfide) groups is 1. The maximum absolute atomic E-state index is 13.5. The molecule has 2 N–H and O–H groups in total. The molecule has 9 nitrogen and oxygen atoms in total. The fourth-order valence-corrected chi connectivity index (χ4v) is 10.5. The second-order valence-corrected chi connectivity index (χ2v) is 20.1. The molecule has 12 heteroatoms. The first kappa shape index (κ1) is 43.3. The summed E-state index contributed by atoms with van der Waals surface area (Å²) in [5.74, 6) is 0.213. The second kappa shape index (κ2) is 19.7. The summed E-state index contributed by atoms with van der Waals surface area (Å²) in [4.78, 5) is 21.9. The normalized spacial score (nSPS) is 18.4. The van der Waals surface area contributed by atoms with Crippen LogP contribution in [0, 0.1) is 12.3 Å². The predicted molar refractivity (Wildman–Crippen MR) is 243 cm³/mol. The Hall–Kier alpha value is -3.84. The number of amides is 1. The topological polar surface area (TPSA) is 94.2 Å². The highest BCUT2D eigenvalue weighted by Gasteiger charge is 2.30. The number of allylic oxidation sites excluding steroid dienone is 1. The van der Waals surface area contributed by atoms with Crippen molar-refractivity contribution >= 4 is 56.2 Å². The lowest BCUT2D eigenvalue weighted by molar-refractivity contribution is 0.0370. The standard InChI is InChI=1S/C47H58ClN5O4S2/c1-35-31-43(17-18-45(35)49-40(20-22-51-27-29-57-30-28-51)34-58-42-7-5-4-6-8-42)59(55,56)50-46(54)37-11-15-41(16-12-37)53-25-23-52(24-26-53)33-38-32-47(2,3)21-19-44(38)36-9-13-39(48)14-10-36/h4-18,31,40,49H,19-30,32-34H2,1-3H3,(H,50,54)/t40-/m1/s1. The van der Waals surface area contributed by atoms with Crippen LogP contribution < -0.4 is 14.9 Å². The lowest BCUT2D eigenvalue weighted by atomic mass is 9.73. The molecule has 314 valence electrons. The molecule has 2 aliphatic heterocycles. The summed E-state index contributed by atoms with van der Waals surface area (Å²) in [5, 5.41) is 4.46. The smallest absolute Gasteiger partial charge is 0.264 e. The summed E-state index contributed by atoms with van der Waals surface area (Å²) >= 11 is 8.02. The predicted octanol–water partition coefficient (Wildman–Crippen LogP) is 8.85. The summed E-state index contributed by atoms with van der Waals surface area (Å²) in [6.45, 7) is 15.6. The van der Waals surface area contributed by atoms with E-state index in [2.05, 4.69) is 62.9 Å². The molecule has 1 aliphatic carbocycles. The van der Waals surface area contributed by atoms with Crippen molar-refractivity contribution in [2.24, 2.45) is 5.41 Å². The van der Waals surface area contributed by atoms with E-state index < -0.39 is 15.9 Å². The van der Waals surface area contributed by atoms with Crippen molar-refractivity contribution in [3.63, 3.8) is 0 Å². The monoisotopic (exact) mass is 855 g/mol. The Morgan fingerprint density at radius 2 is 1.59 bits per heavy atom. The number of ether oxygens (including phenoxy) is 1. The van der Waals surface area contributed by atoms with E-state index in [0.29, 0.717) is 5.56 Å². The van der Waals surface area contributed by atoms with E-state index in [1.165, 1.54) is 28.0 Å². The number of morpholine rings is 1. The van der Waals surface area contributed by atoms with Crippen LogP contribution in [0.5, 0.6) is 0 Å². The van der Waals surface area contributed by atoms with Gasteiger partial charge in [-0.05, 0) is 121 Å². The van der Waals surface area contributed by atoms with Crippen LogP contribution >= 0.6 is 23.4 Å². The van der Waals surface area contributed by atoms with E-state index in [9.17, 15) is 13.2 Å². The molecule has 3 aliphatic rings. The molecule has 4 aromatic rings. The number of benzene rings is 4. The number of aryl methyl sites for hydroxylation is 1. The maximum Gasteiger partial charge on any atom is 0.264 e. The van der Waals surface area contributed by atoms with E-state index in [1.54, 1.807) is 24.3 Å². The minimum Gasteiger partial charge on any atom is -0.381 e. The highest BCUT2D eigenvalue weighted by Crippen LogP contribution is 2.43. The molecular formula is C47H58ClN5O4S2. The van der Waals surface area contributed by atoms with Crippen molar-refractivity contribution in [1.29, 1.82) is 0 Å². The first-order valence-corrected chi connectivity index (χ1v) is 23.7. The highest BCUT2D eigenvalue weighted by atomic mass is 35.5. The first-order chi connectivity index (χ1) is 28.4. The summed E-state index contributed by atoms with van der Waals surface area (Å²) in [5.41, 5.74) is 7.57. The Balaban J connectivity index is 0.932. The molecule has 4 aromatic carbocycles. The van der Waals surface area contributed by atoms with E-state index in [-0.39, 0.29) is 16.4 Å². The van der Waals surface area contributed by atoms with Crippen LogP contribution in [0.3, 0.4) is 0 Å². The number of carbonyl (C=O) groups is 1. The quantitative estimate of drug-likeness (QED) is 0.114. The van der Waals surface area contributed by atoms with E-state index >= 15 is 0 Å². The average Bonchev–Trinajstić information content (AvgIpc) is 3.23.